The van der Waals surface area contributed by atoms with Crippen LogP contribution in [-0.4, -0.2) is 12.1 Å². The molecule has 0 N–H and O–H groups in total. The number of esters is 1. The van der Waals surface area contributed by atoms with E-state index in [2.05, 4.69) is 34.6 Å². The number of carbonyl (C=O) groups excluding carboxylic acids is 1. The van der Waals surface area contributed by atoms with E-state index in [9.17, 15) is 4.79 Å². The lowest BCUT2D eigenvalue weighted by molar-refractivity contribution is -0.162. The minimum atomic E-state index is 0.000216. The lowest BCUT2D eigenvalue weighted by Crippen LogP contribution is -2.54. The Morgan fingerprint density at radius 2 is 1.62 bits per heavy atom. The van der Waals surface area contributed by atoms with Crippen molar-refractivity contribution in [1.29, 1.82) is 0 Å². The SMILES string of the molecule is CCC(=O)OC1CCC2(C)C(CCC3C2CCC2(C)C(C(C)CCCC(C)C)CCC32)C1. The molecule has 0 bridgehead atoms. The van der Waals surface area contributed by atoms with Gasteiger partial charge in [-0.3, -0.25) is 4.79 Å². The Bertz CT molecular complexity index is 655. The minimum absolute atomic E-state index is 0.000216. The molecule has 4 aliphatic rings. The molecule has 2 heteroatoms. The Balaban J connectivity index is 1.42. The minimum Gasteiger partial charge on any atom is -0.462 e. The molecule has 9 atom stereocenters. The quantitative estimate of drug-likeness (QED) is 0.368. The van der Waals surface area contributed by atoms with Gasteiger partial charge in [0, 0.05) is 6.42 Å². The number of fused-ring (bicyclic) bond motifs is 5. The largest absolute Gasteiger partial charge is 0.462 e. The molecule has 32 heavy (non-hydrogen) atoms. The van der Waals surface area contributed by atoms with Crippen molar-refractivity contribution < 1.29 is 9.53 Å². The van der Waals surface area contributed by atoms with E-state index < -0.39 is 0 Å². The van der Waals surface area contributed by atoms with Gasteiger partial charge in [-0.25, -0.2) is 0 Å². The molecule has 4 aliphatic carbocycles. The predicted octanol–water partition coefficient (Wildman–Crippen LogP) is 8.43. The Morgan fingerprint density at radius 1 is 0.906 bits per heavy atom. The Morgan fingerprint density at radius 3 is 2.34 bits per heavy atom. The van der Waals surface area contributed by atoms with E-state index in [1.54, 1.807) is 0 Å². The lowest BCUT2D eigenvalue weighted by atomic mass is 9.44. The van der Waals surface area contributed by atoms with Crippen molar-refractivity contribution in [2.24, 2.45) is 52.3 Å². The molecule has 0 aromatic heterocycles. The molecular formula is C30H52O2. The van der Waals surface area contributed by atoms with Crippen LogP contribution in [0.3, 0.4) is 0 Å². The average molecular weight is 445 g/mol. The van der Waals surface area contributed by atoms with Crippen LogP contribution in [0.15, 0.2) is 0 Å². The van der Waals surface area contributed by atoms with Gasteiger partial charge in [0.15, 0.2) is 0 Å². The topological polar surface area (TPSA) is 26.3 Å². The van der Waals surface area contributed by atoms with Gasteiger partial charge in [0.2, 0.25) is 0 Å². The zero-order valence-electron chi connectivity index (χ0n) is 22.1. The maximum absolute atomic E-state index is 11.9. The number of hydrogen-bond acceptors (Lipinski definition) is 2. The number of ether oxygens (including phenoxy) is 1. The van der Waals surface area contributed by atoms with E-state index in [4.69, 9.17) is 4.74 Å². The van der Waals surface area contributed by atoms with E-state index in [1.165, 1.54) is 64.2 Å². The third-order valence-electron chi connectivity index (χ3n) is 11.4. The van der Waals surface area contributed by atoms with Gasteiger partial charge >= 0.3 is 5.97 Å². The molecule has 0 radical (unpaired) electrons. The second-order valence-electron chi connectivity index (χ2n) is 13.4. The molecule has 0 aliphatic heterocycles. The van der Waals surface area contributed by atoms with Gasteiger partial charge in [0.1, 0.15) is 6.10 Å². The first-order valence-corrected chi connectivity index (χ1v) is 14.4. The summed E-state index contributed by atoms with van der Waals surface area (Å²) < 4.78 is 5.80. The second-order valence-corrected chi connectivity index (χ2v) is 13.4. The van der Waals surface area contributed by atoms with Crippen molar-refractivity contribution in [2.45, 2.75) is 131 Å². The number of rotatable bonds is 7. The van der Waals surface area contributed by atoms with Crippen molar-refractivity contribution in [2.75, 3.05) is 0 Å². The summed E-state index contributed by atoms with van der Waals surface area (Å²) in [6.45, 7) is 14.6. The summed E-state index contributed by atoms with van der Waals surface area (Å²) in [5, 5.41) is 0. The summed E-state index contributed by atoms with van der Waals surface area (Å²) in [7, 11) is 0. The highest BCUT2D eigenvalue weighted by Gasteiger charge is 2.60. The number of hydrogen-bond donors (Lipinski definition) is 0. The fraction of sp³-hybridized carbons (Fsp3) is 0.967. The molecular weight excluding hydrogens is 392 g/mol. The molecule has 2 nitrogen and oxygen atoms in total. The summed E-state index contributed by atoms with van der Waals surface area (Å²) in [6, 6.07) is 0. The van der Waals surface area contributed by atoms with E-state index in [-0.39, 0.29) is 12.1 Å². The van der Waals surface area contributed by atoms with Gasteiger partial charge in [-0.2, -0.15) is 0 Å². The van der Waals surface area contributed by atoms with Gasteiger partial charge in [-0.05, 0) is 110 Å². The van der Waals surface area contributed by atoms with Crippen LogP contribution in [0.1, 0.15) is 125 Å². The summed E-state index contributed by atoms with van der Waals surface area (Å²) in [4.78, 5) is 11.9. The van der Waals surface area contributed by atoms with Gasteiger partial charge < -0.3 is 4.74 Å². The molecule has 0 aromatic rings. The maximum atomic E-state index is 11.9. The Hall–Kier alpha value is -0.530. The highest BCUT2D eigenvalue weighted by molar-refractivity contribution is 5.69. The van der Waals surface area contributed by atoms with Crippen LogP contribution in [0.25, 0.3) is 0 Å². The van der Waals surface area contributed by atoms with E-state index in [1.807, 2.05) is 6.92 Å². The van der Waals surface area contributed by atoms with Gasteiger partial charge in [-0.1, -0.05) is 60.8 Å². The first-order chi connectivity index (χ1) is 15.2. The monoisotopic (exact) mass is 444 g/mol. The fourth-order valence-corrected chi connectivity index (χ4v) is 9.62. The van der Waals surface area contributed by atoms with Gasteiger partial charge in [0.05, 0.1) is 0 Å². The molecule has 4 rings (SSSR count). The van der Waals surface area contributed by atoms with Crippen LogP contribution in [0.4, 0.5) is 0 Å². The lowest BCUT2D eigenvalue weighted by Gasteiger charge is -2.61. The third-order valence-corrected chi connectivity index (χ3v) is 11.4. The molecule has 0 spiro atoms. The van der Waals surface area contributed by atoms with Crippen LogP contribution in [0, 0.1) is 52.3 Å². The van der Waals surface area contributed by atoms with Crippen LogP contribution < -0.4 is 0 Å². The predicted molar refractivity (Wildman–Crippen MR) is 133 cm³/mol. The summed E-state index contributed by atoms with van der Waals surface area (Å²) in [6.07, 6.45) is 17.2. The van der Waals surface area contributed by atoms with Crippen molar-refractivity contribution in [1.82, 2.24) is 0 Å². The second kappa shape index (κ2) is 9.61. The molecule has 0 aromatic carbocycles. The maximum Gasteiger partial charge on any atom is 0.305 e. The first kappa shape index (κ1) is 24.6. The van der Waals surface area contributed by atoms with Crippen LogP contribution >= 0.6 is 0 Å². The molecule has 4 saturated carbocycles. The number of carbonyl (C=O) groups is 1. The zero-order valence-corrected chi connectivity index (χ0v) is 22.1. The van der Waals surface area contributed by atoms with Gasteiger partial charge in [-0.15, -0.1) is 0 Å². The summed E-state index contributed by atoms with van der Waals surface area (Å²) in [5.41, 5.74) is 1.08. The normalized spacial score (nSPS) is 44.5. The van der Waals surface area contributed by atoms with E-state index in [0.717, 1.165) is 54.3 Å². The fourth-order valence-electron chi connectivity index (χ4n) is 9.62. The van der Waals surface area contributed by atoms with Gasteiger partial charge in [0.25, 0.3) is 0 Å². The molecule has 0 heterocycles. The van der Waals surface area contributed by atoms with Crippen LogP contribution in [-0.2, 0) is 9.53 Å². The smallest absolute Gasteiger partial charge is 0.305 e. The van der Waals surface area contributed by atoms with Crippen molar-refractivity contribution in [3.8, 4) is 0 Å². The molecule has 9 unspecified atom stereocenters. The van der Waals surface area contributed by atoms with Crippen LogP contribution in [0.2, 0.25) is 0 Å². The van der Waals surface area contributed by atoms with Crippen molar-refractivity contribution in [3.63, 3.8) is 0 Å². The van der Waals surface area contributed by atoms with E-state index in [0.29, 0.717) is 17.3 Å². The molecule has 184 valence electrons. The Kier molecular flexibility index (Phi) is 7.39. The highest BCUT2D eigenvalue weighted by atomic mass is 16.5. The first-order valence-electron chi connectivity index (χ1n) is 14.4. The Labute approximate surface area is 199 Å². The average Bonchev–Trinajstić information content (AvgIpc) is 3.11. The van der Waals surface area contributed by atoms with Crippen LogP contribution in [0.5, 0.6) is 0 Å². The summed E-state index contributed by atoms with van der Waals surface area (Å²) in [5.74, 6) is 6.30. The molecule has 4 fully saturated rings. The standard InChI is InChI=1S/C30H52O2/c1-7-28(31)32-23-15-17-29(5)22(19-23)11-12-24-26-14-13-25(21(4)10-8-9-20(2)3)30(26,6)18-16-27(24)29/h20-27H,7-19H2,1-6H3. The van der Waals surface area contributed by atoms with Crippen molar-refractivity contribution in [3.05, 3.63) is 0 Å². The molecule has 0 saturated heterocycles. The molecule has 0 amide bonds. The highest BCUT2D eigenvalue weighted by Crippen LogP contribution is 2.68. The third kappa shape index (κ3) is 4.43. The zero-order chi connectivity index (χ0) is 23.1. The van der Waals surface area contributed by atoms with E-state index >= 15 is 0 Å². The summed E-state index contributed by atoms with van der Waals surface area (Å²) >= 11 is 0. The van der Waals surface area contributed by atoms with Crippen molar-refractivity contribution >= 4 is 5.97 Å².